The van der Waals surface area contributed by atoms with Crippen LogP contribution in [-0.4, -0.2) is 32.1 Å². The molecule has 0 aromatic heterocycles. The molecular formula is C4H11N2-. The second-order valence-electron chi connectivity index (χ2n) is 1.55. The van der Waals surface area contributed by atoms with Crippen LogP contribution in [0.1, 0.15) is 0 Å². The molecule has 0 atom stereocenters. The minimum atomic E-state index is 0.507. The van der Waals surface area contributed by atoms with Crippen LogP contribution in [0.25, 0.3) is 5.73 Å². The molecule has 0 heterocycles. The van der Waals surface area contributed by atoms with Crippen LogP contribution < -0.4 is 0 Å². The number of nitrogens with zero attached hydrogens (tertiary/aromatic N) is 1. The van der Waals surface area contributed by atoms with E-state index < -0.39 is 0 Å². The molecule has 0 unspecified atom stereocenters. The molecule has 0 aromatic carbocycles. The first-order valence-corrected chi connectivity index (χ1v) is 2.06. The van der Waals surface area contributed by atoms with Gasteiger partial charge in [0.2, 0.25) is 0 Å². The second-order valence-corrected chi connectivity index (χ2v) is 1.55. The Labute approximate surface area is 38.9 Å². The molecule has 0 aliphatic carbocycles. The zero-order valence-corrected chi connectivity index (χ0v) is 4.36. The topological polar surface area (TPSA) is 27.0 Å². The third kappa shape index (κ3) is 3.92. The molecule has 38 valence electrons. The zero-order chi connectivity index (χ0) is 4.99. The van der Waals surface area contributed by atoms with Crippen molar-refractivity contribution in [2.24, 2.45) is 0 Å². The van der Waals surface area contributed by atoms with Gasteiger partial charge in [-0.05, 0) is 20.6 Å². The lowest BCUT2D eigenvalue weighted by atomic mass is 10.6. The maximum atomic E-state index is 6.69. The largest absolute Gasteiger partial charge is 0.676 e. The lowest BCUT2D eigenvalue weighted by Crippen LogP contribution is -2.14. The fourth-order valence-corrected chi connectivity index (χ4v) is 0.224. The maximum absolute atomic E-state index is 6.69. The van der Waals surface area contributed by atoms with E-state index in [2.05, 4.69) is 0 Å². The van der Waals surface area contributed by atoms with Gasteiger partial charge in [0.15, 0.2) is 0 Å². The van der Waals surface area contributed by atoms with E-state index in [-0.39, 0.29) is 0 Å². The van der Waals surface area contributed by atoms with Crippen LogP contribution in [0.3, 0.4) is 0 Å². The Morgan fingerprint density at radius 3 is 2.00 bits per heavy atom. The van der Waals surface area contributed by atoms with Gasteiger partial charge in [-0.1, -0.05) is 0 Å². The number of likely N-dealkylation sites (N-methyl/N-ethyl adjacent to an activating group) is 1. The van der Waals surface area contributed by atoms with Crippen LogP contribution >= 0.6 is 0 Å². The normalized spacial score (nSPS) is 10.0. The first-order chi connectivity index (χ1) is 2.77. The van der Waals surface area contributed by atoms with Gasteiger partial charge in [-0.3, -0.25) is 0 Å². The number of rotatable bonds is 2. The summed E-state index contributed by atoms with van der Waals surface area (Å²) in [4.78, 5) is 1.99. The van der Waals surface area contributed by atoms with Crippen molar-refractivity contribution < 1.29 is 0 Å². The highest BCUT2D eigenvalue weighted by Crippen LogP contribution is 1.69. The van der Waals surface area contributed by atoms with Crippen molar-refractivity contribution in [1.29, 1.82) is 0 Å². The Hall–Kier alpha value is -0.0800. The zero-order valence-electron chi connectivity index (χ0n) is 4.36. The molecule has 0 bridgehead atoms. The van der Waals surface area contributed by atoms with Gasteiger partial charge < -0.3 is 10.6 Å². The van der Waals surface area contributed by atoms with Gasteiger partial charge >= 0.3 is 0 Å². The Morgan fingerprint density at radius 1 is 1.50 bits per heavy atom. The third-order valence-electron chi connectivity index (χ3n) is 0.559. The van der Waals surface area contributed by atoms with Crippen molar-refractivity contribution in [3.63, 3.8) is 0 Å². The number of nitrogens with one attached hydrogen (secondary N) is 1. The van der Waals surface area contributed by atoms with Gasteiger partial charge in [0, 0.05) is 0 Å². The lowest BCUT2D eigenvalue weighted by molar-refractivity contribution is 0.430. The molecule has 2 heteroatoms. The van der Waals surface area contributed by atoms with E-state index >= 15 is 0 Å². The molecule has 6 heavy (non-hydrogen) atoms. The molecule has 0 spiro atoms. The summed E-state index contributed by atoms with van der Waals surface area (Å²) < 4.78 is 0. The molecule has 0 aliphatic heterocycles. The molecule has 0 aliphatic rings. The van der Waals surface area contributed by atoms with Crippen molar-refractivity contribution in [3.8, 4) is 0 Å². The van der Waals surface area contributed by atoms with Gasteiger partial charge in [-0.25, -0.2) is 0 Å². The number of hydrogen-bond acceptors (Lipinski definition) is 1. The van der Waals surface area contributed by atoms with Crippen molar-refractivity contribution >= 4 is 0 Å². The summed E-state index contributed by atoms with van der Waals surface area (Å²) in [5.74, 6) is 0. The average Bonchev–Trinajstić information content (AvgIpc) is 1.35. The van der Waals surface area contributed by atoms with Gasteiger partial charge in [0.25, 0.3) is 0 Å². The van der Waals surface area contributed by atoms with Crippen LogP contribution in [0.5, 0.6) is 0 Å². The fraction of sp³-hybridized carbons (Fsp3) is 1.00. The SMILES string of the molecule is CN(C)CC[NH-]. The Balaban J connectivity index is 2.63. The van der Waals surface area contributed by atoms with E-state index in [9.17, 15) is 0 Å². The summed E-state index contributed by atoms with van der Waals surface area (Å²) in [5, 5.41) is 0. The minimum absolute atomic E-state index is 0.507. The van der Waals surface area contributed by atoms with Crippen molar-refractivity contribution in [1.82, 2.24) is 4.90 Å². The predicted molar refractivity (Wildman–Crippen MR) is 27.7 cm³/mol. The van der Waals surface area contributed by atoms with Gasteiger partial charge in [-0.2, -0.15) is 0 Å². The maximum Gasteiger partial charge on any atom is -0.0138 e. The standard InChI is InChI=1S/C4H11N2/c1-6(2)4-3-5/h5H,3-4H2,1-2H3/q-1. The van der Waals surface area contributed by atoms with E-state index in [0.29, 0.717) is 6.54 Å². The molecule has 0 fully saturated rings. The average molecular weight is 87.1 g/mol. The number of hydrogen-bond donors (Lipinski definition) is 0. The second kappa shape index (κ2) is 3.12. The van der Waals surface area contributed by atoms with E-state index in [4.69, 9.17) is 5.73 Å². The minimum Gasteiger partial charge on any atom is -0.676 e. The molecule has 2 nitrogen and oxygen atoms in total. The van der Waals surface area contributed by atoms with Gasteiger partial charge in [-0.15, -0.1) is 6.54 Å². The van der Waals surface area contributed by atoms with Crippen LogP contribution in [-0.2, 0) is 0 Å². The van der Waals surface area contributed by atoms with Crippen LogP contribution in [0.2, 0.25) is 0 Å². The highest BCUT2D eigenvalue weighted by Gasteiger charge is 1.75. The van der Waals surface area contributed by atoms with Crippen LogP contribution in [0, 0.1) is 0 Å². The first kappa shape index (κ1) is 5.92. The molecule has 0 rings (SSSR count). The van der Waals surface area contributed by atoms with Crippen LogP contribution in [0.15, 0.2) is 0 Å². The fourth-order valence-electron chi connectivity index (χ4n) is 0.224. The molecule has 0 saturated heterocycles. The van der Waals surface area contributed by atoms with Gasteiger partial charge in [0.1, 0.15) is 0 Å². The van der Waals surface area contributed by atoms with Crippen molar-refractivity contribution in [2.75, 3.05) is 27.2 Å². The monoisotopic (exact) mass is 87.1 g/mol. The van der Waals surface area contributed by atoms with E-state index in [1.54, 1.807) is 0 Å². The van der Waals surface area contributed by atoms with Crippen LogP contribution in [0.4, 0.5) is 0 Å². The molecule has 0 amide bonds. The summed E-state index contributed by atoms with van der Waals surface area (Å²) >= 11 is 0. The smallest absolute Gasteiger partial charge is 0.0138 e. The summed E-state index contributed by atoms with van der Waals surface area (Å²) in [5.41, 5.74) is 6.69. The summed E-state index contributed by atoms with van der Waals surface area (Å²) in [6, 6.07) is 0. The van der Waals surface area contributed by atoms with Crippen molar-refractivity contribution in [3.05, 3.63) is 5.73 Å². The molecule has 1 N–H and O–H groups in total. The quantitative estimate of drug-likeness (QED) is 0.484. The molecular weight excluding hydrogens is 76.1 g/mol. The summed E-state index contributed by atoms with van der Waals surface area (Å²) in [6.07, 6.45) is 0. The lowest BCUT2D eigenvalue weighted by Gasteiger charge is -2.08. The van der Waals surface area contributed by atoms with E-state index in [1.165, 1.54) is 0 Å². The summed E-state index contributed by atoms with van der Waals surface area (Å²) in [6.45, 7) is 1.38. The van der Waals surface area contributed by atoms with E-state index in [1.807, 2.05) is 19.0 Å². The Bertz CT molecular complexity index is 26.7. The van der Waals surface area contributed by atoms with Gasteiger partial charge in [0.05, 0.1) is 0 Å². The first-order valence-electron chi connectivity index (χ1n) is 2.06. The molecule has 0 saturated carbocycles. The Morgan fingerprint density at radius 2 is 2.00 bits per heavy atom. The molecule has 0 radical (unpaired) electrons. The predicted octanol–water partition coefficient (Wildman–Crippen LogP) is 0.600. The van der Waals surface area contributed by atoms with E-state index in [0.717, 1.165) is 6.54 Å². The molecule has 0 aromatic rings. The highest BCUT2D eigenvalue weighted by molar-refractivity contribution is 4.52. The van der Waals surface area contributed by atoms with Crippen molar-refractivity contribution in [2.45, 2.75) is 0 Å². The summed E-state index contributed by atoms with van der Waals surface area (Å²) in [7, 11) is 3.93. The third-order valence-corrected chi connectivity index (χ3v) is 0.559. The Kier molecular flexibility index (Phi) is 3.08. The highest BCUT2D eigenvalue weighted by atomic mass is 15.1.